The number of aryl methyl sites for hydroxylation is 1. The van der Waals surface area contributed by atoms with Crippen LogP contribution in [0.15, 0.2) is 12.4 Å². The van der Waals surface area contributed by atoms with Gasteiger partial charge in [0.05, 0.1) is 5.69 Å². The number of nitrogens with zero attached hydrogens (tertiary/aromatic N) is 3. The van der Waals surface area contributed by atoms with Crippen molar-refractivity contribution in [3.05, 3.63) is 18.1 Å². The van der Waals surface area contributed by atoms with Crippen LogP contribution in [0.5, 0.6) is 0 Å². The van der Waals surface area contributed by atoms with Crippen molar-refractivity contribution >= 4 is 5.82 Å². The normalized spacial score (nSPS) is 29.9. The number of rotatable bonds is 1. The summed E-state index contributed by atoms with van der Waals surface area (Å²) in [6.45, 7) is 3.25. The zero-order valence-corrected chi connectivity index (χ0v) is 8.48. The number of aromatic nitrogens is 2. The Bertz CT molecular complexity index is 350. The second kappa shape index (κ2) is 2.94. The molecule has 3 nitrogen and oxygen atoms in total. The third-order valence-electron chi connectivity index (χ3n) is 3.54. The van der Waals surface area contributed by atoms with Crippen molar-refractivity contribution < 1.29 is 0 Å². The number of hydrogen-bond donors (Lipinski definition) is 0. The smallest absolute Gasteiger partial charge is 0.150 e. The van der Waals surface area contributed by atoms with E-state index in [1.54, 1.807) is 12.4 Å². The lowest BCUT2D eigenvalue weighted by Gasteiger charge is -2.28. The monoisotopic (exact) mass is 189 g/mol. The van der Waals surface area contributed by atoms with E-state index >= 15 is 0 Å². The molecular weight excluding hydrogens is 174 g/mol. The van der Waals surface area contributed by atoms with Gasteiger partial charge < -0.3 is 4.90 Å². The highest BCUT2D eigenvalue weighted by atomic mass is 15.3. The molecule has 2 unspecified atom stereocenters. The lowest BCUT2D eigenvalue weighted by Crippen LogP contribution is -2.33. The molecule has 3 heteroatoms. The van der Waals surface area contributed by atoms with E-state index in [0.29, 0.717) is 0 Å². The largest absolute Gasteiger partial charge is 0.352 e. The predicted octanol–water partition coefficient (Wildman–Crippen LogP) is 1.77. The van der Waals surface area contributed by atoms with Gasteiger partial charge in [-0.1, -0.05) is 0 Å². The van der Waals surface area contributed by atoms with Gasteiger partial charge in [-0.05, 0) is 32.1 Å². The molecule has 1 aliphatic heterocycles. The summed E-state index contributed by atoms with van der Waals surface area (Å²) >= 11 is 0. The van der Waals surface area contributed by atoms with Gasteiger partial charge in [0.2, 0.25) is 0 Å². The molecule has 2 heterocycles. The molecule has 0 amide bonds. The maximum absolute atomic E-state index is 4.44. The second-order valence-electron chi connectivity index (χ2n) is 4.45. The fourth-order valence-electron chi connectivity index (χ4n) is 2.87. The van der Waals surface area contributed by atoms with Gasteiger partial charge in [-0.3, -0.25) is 4.98 Å². The highest BCUT2D eigenvalue weighted by molar-refractivity contribution is 5.45. The maximum atomic E-state index is 4.44. The van der Waals surface area contributed by atoms with Crippen LogP contribution in [0.25, 0.3) is 0 Å². The topological polar surface area (TPSA) is 29.0 Å². The van der Waals surface area contributed by atoms with Gasteiger partial charge in [-0.2, -0.15) is 0 Å². The standard InChI is InChI=1S/C11H15N3/c1-8-11(13-5-4-12-8)14-7-9-2-3-10(14)6-9/h4-5,9-10H,2-3,6-7H2,1H3. The van der Waals surface area contributed by atoms with Gasteiger partial charge in [-0.25, -0.2) is 4.98 Å². The summed E-state index contributed by atoms with van der Waals surface area (Å²) in [5.74, 6) is 2.03. The number of anilines is 1. The molecule has 14 heavy (non-hydrogen) atoms. The van der Waals surface area contributed by atoms with Crippen molar-refractivity contribution in [1.29, 1.82) is 0 Å². The molecule has 0 N–H and O–H groups in total. The summed E-state index contributed by atoms with van der Waals surface area (Å²) in [6, 6.07) is 0.746. The molecule has 0 aromatic carbocycles. The summed E-state index contributed by atoms with van der Waals surface area (Å²) in [6.07, 6.45) is 7.71. The minimum Gasteiger partial charge on any atom is -0.352 e. The number of piperidine rings is 1. The van der Waals surface area contributed by atoms with Gasteiger partial charge in [0, 0.05) is 25.0 Å². The molecule has 1 aromatic heterocycles. The van der Waals surface area contributed by atoms with Gasteiger partial charge in [0.1, 0.15) is 5.82 Å². The van der Waals surface area contributed by atoms with Crippen molar-refractivity contribution in [1.82, 2.24) is 9.97 Å². The molecule has 2 bridgehead atoms. The minimum absolute atomic E-state index is 0.746. The first kappa shape index (κ1) is 8.21. The van der Waals surface area contributed by atoms with Gasteiger partial charge >= 0.3 is 0 Å². The van der Waals surface area contributed by atoms with E-state index in [1.807, 2.05) is 6.92 Å². The van der Waals surface area contributed by atoms with Crippen LogP contribution < -0.4 is 4.90 Å². The molecule has 1 aromatic rings. The minimum atomic E-state index is 0.746. The Morgan fingerprint density at radius 1 is 1.29 bits per heavy atom. The van der Waals surface area contributed by atoms with E-state index < -0.39 is 0 Å². The van der Waals surface area contributed by atoms with E-state index in [4.69, 9.17) is 0 Å². The van der Waals surface area contributed by atoms with Crippen LogP contribution in [-0.4, -0.2) is 22.6 Å². The quantitative estimate of drug-likeness (QED) is 0.674. The van der Waals surface area contributed by atoms with Crippen LogP contribution >= 0.6 is 0 Å². The van der Waals surface area contributed by atoms with Crippen LogP contribution in [0.4, 0.5) is 5.82 Å². The first-order valence-electron chi connectivity index (χ1n) is 5.39. The van der Waals surface area contributed by atoms with Gasteiger partial charge in [-0.15, -0.1) is 0 Å². The molecule has 1 saturated heterocycles. The molecule has 2 fully saturated rings. The summed E-state index contributed by atoms with van der Waals surface area (Å²) in [7, 11) is 0. The van der Waals surface area contributed by atoms with E-state index in [-0.39, 0.29) is 0 Å². The fourth-order valence-corrected chi connectivity index (χ4v) is 2.87. The Labute approximate surface area is 84.2 Å². The second-order valence-corrected chi connectivity index (χ2v) is 4.45. The molecule has 1 aliphatic carbocycles. The van der Waals surface area contributed by atoms with E-state index in [9.17, 15) is 0 Å². The first-order chi connectivity index (χ1) is 6.84. The van der Waals surface area contributed by atoms with Crippen molar-refractivity contribution in [2.45, 2.75) is 32.2 Å². The van der Waals surface area contributed by atoms with E-state index in [0.717, 1.165) is 23.5 Å². The summed E-state index contributed by atoms with van der Waals surface area (Å²) < 4.78 is 0. The summed E-state index contributed by atoms with van der Waals surface area (Å²) in [5.41, 5.74) is 1.07. The molecule has 2 aliphatic rings. The Kier molecular flexibility index (Phi) is 1.72. The Morgan fingerprint density at radius 3 is 2.79 bits per heavy atom. The summed E-state index contributed by atoms with van der Waals surface area (Å²) in [4.78, 5) is 11.2. The molecule has 0 radical (unpaired) electrons. The number of hydrogen-bond acceptors (Lipinski definition) is 3. The fraction of sp³-hybridized carbons (Fsp3) is 0.636. The zero-order valence-electron chi connectivity index (χ0n) is 8.48. The molecule has 74 valence electrons. The third-order valence-corrected chi connectivity index (χ3v) is 3.54. The van der Waals surface area contributed by atoms with Crippen LogP contribution in [0.2, 0.25) is 0 Å². The van der Waals surface area contributed by atoms with Gasteiger partial charge in [0.15, 0.2) is 0 Å². The van der Waals surface area contributed by atoms with Crippen LogP contribution in [0, 0.1) is 12.8 Å². The Morgan fingerprint density at radius 2 is 2.14 bits per heavy atom. The molecule has 2 atom stereocenters. The van der Waals surface area contributed by atoms with E-state index in [1.165, 1.54) is 25.8 Å². The molecular formula is C11H15N3. The predicted molar refractivity (Wildman–Crippen MR) is 55.2 cm³/mol. The molecule has 0 spiro atoms. The third kappa shape index (κ3) is 1.11. The van der Waals surface area contributed by atoms with Crippen LogP contribution in [-0.2, 0) is 0 Å². The lowest BCUT2D eigenvalue weighted by atomic mass is 10.1. The molecule has 1 saturated carbocycles. The highest BCUT2D eigenvalue weighted by Crippen LogP contribution is 2.39. The summed E-state index contributed by atoms with van der Waals surface area (Å²) in [5, 5.41) is 0. The zero-order chi connectivity index (χ0) is 9.54. The lowest BCUT2D eigenvalue weighted by molar-refractivity contribution is 0.549. The van der Waals surface area contributed by atoms with Crippen LogP contribution in [0.1, 0.15) is 25.0 Å². The maximum Gasteiger partial charge on any atom is 0.150 e. The highest BCUT2D eigenvalue weighted by Gasteiger charge is 2.38. The Hall–Kier alpha value is -1.12. The van der Waals surface area contributed by atoms with Crippen LogP contribution in [0.3, 0.4) is 0 Å². The SMILES string of the molecule is Cc1nccnc1N1CC2CCC1C2. The van der Waals surface area contributed by atoms with E-state index in [2.05, 4.69) is 14.9 Å². The van der Waals surface area contributed by atoms with Crippen molar-refractivity contribution in [2.75, 3.05) is 11.4 Å². The van der Waals surface area contributed by atoms with Gasteiger partial charge in [0.25, 0.3) is 0 Å². The van der Waals surface area contributed by atoms with Crippen molar-refractivity contribution in [3.63, 3.8) is 0 Å². The molecule has 3 rings (SSSR count). The Balaban J connectivity index is 1.93. The first-order valence-corrected chi connectivity index (χ1v) is 5.39. The van der Waals surface area contributed by atoms with Crippen molar-refractivity contribution in [3.8, 4) is 0 Å². The van der Waals surface area contributed by atoms with Crippen molar-refractivity contribution in [2.24, 2.45) is 5.92 Å². The average molecular weight is 189 g/mol. The average Bonchev–Trinajstić information content (AvgIpc) is 2.79. The number of fused-ring (bicyclic) bond motifs is 2.